The summed E-state index contributed by atoms with van der Waals surface area (Å²) in [6.45, 7) is 0.338. The average molecular weight is 246 g/mol. The third-order valence-corrected chi connectivity index (χ3v) is 3.40. The standard InChI is InChI=1S/C14H11FO3/c15-11-3-1-9(8-5-6-18-13(17)7-8)10-2-4-12(16)14(10)11/h1,3,7H,2,4-6H2. The average Bonchev–Trinajstić information content (AvgIpc) is 2.73. The van der Waals surface area contributed by atoms with Crippen molar-refractivity contribution in [3.05, 3.63) is 40.7 Å². The lowest BCUT2D eigenvalue weighted by Crippen LogP contribution is -2.11. The van der Waals surface area contributed by atoms with Crippen LogP contribution in [0.4, 0.5) is 4.39 Å². The Morgan fingerprint density at radius 3 is 2.72 bits per heavy atom. The lowest BCUT2D eigenvalue weighted by molar-refractivity contribution is -0.138. The van der Waals surface area contributed by atoms with Gasteiger partial charge < -0.3 is 4.74 Å². The normalized spacial score (nSPS) is 18.4. The van der Waals surface area contributed by atoms with Crippen LogP contribution in [0.3, 0.4) is 0 Å². The molecular weight excluding hydrogens is 235 g/mol. The van der Waals surface area contributed by atoms with Crippen molar-refractivity contribution in [3.63, 3.8) is 0 Å². The van der Waals surface area contributed by atoms with E-state index >= 15 is 0 Å². The number of Topliss-reactive ketones (excluding diaryl/α,β-unsaturated/α-hetero) is 1. The van der Waals surface area contributed by atoms with E-state index in [1.54, 1.807) is 6.07 Å². The van der Waals surface area contributed by atoms with E-state index in [0.29, 0.717) is 25.9 Å². The molecule has 3 nitrogen and oxygen atoms in total. The molecular formula is C14H11FO3. The number of esters is 1. The second-order valence-corrected chi connectivity index (χ2v) is 4.46. The second-order valence-electron chi connectivity index (χ2n) is 4.46. The highest BCUT2D eigenvalue weighted by molar-refractivity contribution is 6.03. The van der Waals surface area contributed by atoms with Gasteiger partial charge >= 0.3 is 5.97 Å². The summed E-state index contributed by atoms with van der Waals surface area (Å²) in [6.07, 6.45) is 2.94. The predicted octanol–water partition coefficient (Wildman–Crippen LogP) is 2.28. The highest BCUT2D eigenvalue weighted by Gasteiger charge is 2.27. The minimum Gasteiger partial charge on any atom is -0.462 e. The number of halogens is 1. The number of hydrogen-bond donors (Lipinski definition) is 0. The molecule has 0 fully saturated rings. The summed E-state index contributed by atoms with van der Waals surface area (Å²) in [7, 11) is 0. The highest BCUT2D eigenvalue weighted by atomic mass is 19.1. The summed E-state index contributed by atoms with van der Waals surface area (Å²) < 4.78 is 18.5. The maximum absolute atomic E-state index is 13.6. The van der Waals surface area contributed by atoms with Crippen LogP contribution in [0.25, 0.3) is 5.57 Å². The van der Waals surface area contributed by atoms with Gasteiger partial charge in [0.25, 0.3) is 0 Å². The van der Waals surface area contributed by atoms with Crippen molar-refractivity contribution in [2.45, 2.75) is 19.3 Å². The molecule has 0 saturated carbocycles. The van der Waals surface area contributed by atoms with Crippen molar-refractivity contribution in [2.75, 3.05) is 6.61 Å². The Hall–Kier alpha value is -1.97. The van der Waals surface area contributed by atoms with Crippen LogP contribution in [0.2, 0.25) is 0 Å². The number of fused-ring (bicyclic) bond motifs is 1. The maximum atomic E-state index is 13.6. The van der Waals surface area contributed by atoms with Crippen LogP contribution in [0.5, 0.6) is 0 Å². The van der Waals surface area contributed by atoms with E-state index in [1.165, 1.54) is 12.1 Å². The fourth-order valence-corrected chi connectivity index (χ4v) is 2.57. The minimum absolute atomic E-state index is 0.150. The molecule has 0 radical (unpaired) electrons. The van der Waals surface area contributed by atoms with E-state index in [-0.39, 0.29) is 17.3 Å². The van der Waals surface area contributed by atoms with Crippen LogP contribution < -0.4 is 0 Å². The zero-order chi connectivity index (χ0) is 12.7. The smallest absolute Gasteiger partial charge is 0.331 e. The SMILES string of the molecule is O=C1C=C(c2ccc(F)c3c2CCC3=O)CCO1. The molecule has 0 N–H and O–H groups in total. The van der Waals surface area contributed by atoms with Crippen LogP contribution in [-0.4, -0.2) is 18.4 Å². The van der Waals surface area contributed by atoms with Gasteiger partial charge in [0.15, 0.2) is 5.78 Å². The van der Waals surface area contributed by atoms with Gasteiger partial charge in [-0.05, 0) is 29.2 Å². The van der Waals surface area contributed by atoms with Crippen molar-refractivity contribution in [1.29, 1.82) is 0 Å². The molecule has 18 heavy (non-hydrogen) atoms. The highest BCUT2D eigenvalue weighted by Crippen LogP contribution is 2.33. The zero-order valence-electron chi connectivity index (χ0n) is 9.66. The molecule has 1 aliphatic heterocycles. The van der Waals surface area contributed by atoms with Crippen LogP contribution >= 0.6 is 0 Å². The van der Waals surface area contributed by atoms with Gasteiger partial charge in [-0.15, -0.1) is 0 Å². The molecule has 2 aliphatic rings. The summed E-state index contributed by atoms with van der Waals surface area (Å²) in [5.41, 5.74) is 2.58. The van der Waals surface area contributed by atoms with Crippen molar-refractivity contribution in [2.24, 2.45) is 0 Å². The zero-order valence-corrected chi connectivity index (χ0v) is 9.66. The van der Waals surface area contributed by atoms with Crippen molar-refractivity contribution in [3.8, 4) is 0 Å². The van der Waals surface area contributed by atoms with Gasteiger partial charge in [-0.2, -0.15) is 0 Å². The third kappa shape index (κ3) is 1.65. The Morgan fingerprint density at radius 1 is 1.11 bits per heavy atom. The summed E-state index contributed by atoms with van der Waals surface area (Å²) in [5.74, 6) is -0.989. The molecule has 0 amide bonds. The molecule has 1 aliphatic carbocycles. The molecule has 1 aromatic rings. The van der Waals surface area contributed by atoms with Gasteiger partial charge in [-0.1, -0.05) is 6.07 Å². The number of benzene rings is 1. The molecule has 0 atom stereocenters. The van der Waals surface area contributed by atoms with E-state index in [0.717, 1.165) is 16.7 Å². The summed E-state index contributed by atoms with van der Waals surface area (Å²) in [5, 5.41) is 0. The molecule has 0 saturated heterocycles. The van der Waals surface area contributed by atoms with E-state index in [9.17, 15) is 14.0 Å². The fraction of sp³-hybridized carbons (Fsp3) is 0.286. The molecule has 92 valence electrons. The fourth-order valence-electron chi connectivity index (χ4n) is 2.57. The van der Waals surface area contributed by atoms with Gasteiger partial charge in [-0.25, -0.2) is 9.18 Å². The Bertz CT molecular complexity index is 587. The summed E-state index contributed by atoms with van der Waals surface area (Å²) in [4.78, 5) is 22.9. The van der Waals surface area contributed by atoms with Gasteiger partial charge in [0, 0.05) is 18.9 Å². The van der Waals surface area contributed by atoms with Crippen LogP contribution in [0.15, 0.2) is 18.2 Å². The first-order valence-electron chi connectivity index (χ1n) is 5.89. The van der Waals surface area contributed by atoms with Crippen LogP contribution in [0.1, 0.15) is 34.3 Å². The lowest BCUT2D eigenvalue weighted by Gasteiger charge is -2.16. The molecule has 1 aromatic carbocycles. The predicted molar refractivity (Wildman–Crippen MR) is 62.6 cm³/mol. The number of carbonyl (C=O) groups is 2. The Morgan fingerprint density at radius 2 is 1.94 bits per heavy atom. The molecule has 0 aromatic heterocycles. The molecule has 1 heterocycles. The maximum Gasteiger partial charge on any atom is 0.331 e. The third-order valence-electron chi connectivity index (χ3n) is 3.40. The van der Waals surface area contributed by atoms with Crippen LogP contribution in [-0.2, 0) is 16.0 Å². The summed E-state index contributed by atoms with van der Waals surface area (Å²) >= 11 is 0. The van der Waals surface area contributed by atoms with Crippen LogP contribution in [0, 0.1) is 5.82 Å². The lowest BCUT2D eigenvalue weighted by atomic mass is 9.93. The molecule has 0 unspecified atom stereocenters. The number of hydrogen-bond acceptors (Lipinski definition) is 3. The monoisotopic (exact) mass is 246 g/mol. The number of rotatable bonds is 1. The Kier molecular flexibility index (Phi) is 2.51. The van der Waals surface area contributed by atoms with E-state index < -0.39 is 5.82 Å². The first-order chi connectivity index (χ1) is 8.66. The van der Waals surface area contributed by atoms with E-state index in [4.69, 9.17) is 4.74 Å². The van der Waals surface area contributed by atoms with Gasteiger partial charge in [0.05, 0.1) is 12.2 Å². The summed E-state index contributed by atoms with van der Waals surface area (Å²) in [6, 6.07) is 2.95. The van der Waals surface area contributed by atoms with Gasteiger partial charge in [-0.3, -0.25) is 4.79 Å². The Balaban J connectivity index is 2.15. The number of carbonyl (C=O) groups excluding carboxylic acids is 2. The van der Waals surface area contributed by atoms with E-state index in [2.05, 4.69) is 0 Å². The minimum atomic E-state index is -0.463. The van der Waals surface area contributed by atoms with Crippen molar-refractivity contribution < 1.29 is 18.7 Å². The number of ether oxygens (including phenoxy) is 1. The number of ketones is 1. The first kappa shape index (κ1) is 11.1. The topological polar surface area (TPSA) is 43.4 Å². The second kappa shape index (κ2) is 4.05. The largest absolute Gasteiger partial charge is 0.462 e. The van der Waals surface area contributed by atoms with Crippen molar-refractivity contribution >= 4 is 17.3 Å². The van der Waals surface area contributed by atoms with Gasteiger partial charge in [0.1, 0.15) is 5.82 Å². The van der Waals surface area contributed by atoms with E-state index in [1.807, 2.05) is 0 Å². The molecule has 0 bridgehead atoms. The first-order valence-corrected chi connectivity index (χ1v) is 5.89. The number of cyclic esters (lactones) is 1. The quantitative estimate of drug-likeness (QED) is 0.714. The molecule has 3 rings (SSSR count). The van der Waals surface area contributed by atoms with Gasteiger partial charge in [0.2, 0.25) is 0 Å². The molecule has 0 spiro atoms. The Labute approximate surface area is 103 Å². The van der Waals surface area contributed by atoms with Crippen molar-refractivity contribution in [1.82, 2.24) is 0 Å². The molecule has 4 heteroatoms.